The molecule has 3 rings (SSSR count). The minimum atomic E-state index is -1.94. The number of aromatic nitrogens is 1. The molecule has 0 aliphatic rings. The van der Waals surface area contributed by atoms with Crippen LogP contribution in [0.4, 0.5) is 13.2 Å². The van der Waals surface area contributed by atoms with Crippen molar-refractivity contribution in [1.82, 2.24) is 4.98 Å². The van der Waals surface area contributed by atoms with E-state index in [1.165, 1.54) is 0 Å². The molecule has 29 heavy (non-hydrogen) atoms. The fourth-order valence-electron chi connectivity index (χ4n) is 2.89. The average molecular weight is 422 g/mol. The number of hydrogen-bond acceptors (Lipinski definition) is 4. The van der Waals surface area contributed by atoms with E-state index in [-0.39, 0.29) is 12.2 Å². The van der Waals surface area contributed by atoms with Crippen LogP contribution in [0.5, 0.6) is 0 Å². The van der Waals surface area contributed by atoms with E-state index in [0.717, 1.165) is 12.1 Å². The zero-order valence-electron chi connectivity index (χ0n) is 14.8. The van der Waals surface area contributed by atoms with Gasteiger partial charge in [0.25, 0.3) is 5.91 Å². The summed E-state index contributed by atoms with van der Waals surface area (Å²) >= 11 is 5.69. The van der Waals surface area contributed by atoms with Crippen LogP contribution in [0.15, 0.2) is 48.5 Å². The van der Waals surface area contributed by atoms with Crippen molar-refractivity contribution in [2.75, 3.05) is 6.54 Å². The Kier molecular flexibility index (Phi) is 5.61. The van der Waals surface area contributed by atoms with Crippen molar-refractivity contribution in [3.63, 3.8) is 0 Å². The lowest BCUT2D eigenvalue weighted by Gasteiger charge is -2.27. The quantitative estimate of drug-likeness (QED) is 0.551. The van der Waals surface area contributed by atoms with Crippen molar-refractivity contribution in [3.05, 3.63) is 87.8 Å². The number of pyridine rings is 1. The fourth-order valence-corrected chi connectivity index (χ4v) is 3.05. The maximum atomic E-state index is 14.9. The summed E-state index contributed by atoms with van der Waals surface area (Å²) in [7, 11) is 0. The highest BCUT2D eigenvalue weighted by Crippen LogP contribution is 2.34. The molecule has 0 fully saturated rings. The van der Waals surface area contributed by atoms with Gasteiger partial charge in [-0.1, -0.05) is 41.9 Å². The molecule has 0 aliphatic carbocycles. The second kappa shape index (κ2) is 7.82. The normalized spacial score (nSPS) is 13.2. The van der Waals surface area contributed by atoms with Gasteiger partial charge in [0, 0.05) is 18.2 Å². The number of amides is 1. The number of benzene rings is 2. The molecule has 0 saturated carbocycles. The lowest BCUT2D eigenvalue weighted by atomic mass is 9.88. The highest BCUT2D eigenvalue weighted by Gasteiger charge is 2.34. The molecule has 0 bridgehead atoms. The third-order valence-electron chi connectivity index (χ3n) is 4.46. The van der Waals surface area contributed by atoms with Crippen LogP contribution < -0.4 is 11.5 Å². The second-order valence-corrected chi connectivity index (χ2v) is 6.67. The van der Waals surface area contributed by atoms with E-state index in [9.17, 15) is 23.1 Å². The smallest absolute Gasteiger partial charge is 0.251 e. The van der Waals surface area contributed by atoms with Gasteiger partial charge in [0.15, 0.2) is 5.82 Å². The molecule has 0 aliphatic heterocycles. The van der Waals surface area contributed by atoms with Crippen molar-refractivity contribution in [2.24, 2.45) is 11.5 Å². The van der Waals surface area contributed by atoms with Crippen LogP contribution in [0.1, 0.15) is 21.6 Å². The average Bonchev–Trinajstić information content (AvgIpc) is 2.71. The Balaban J connectivity index is 2.34. The third-order valence-corrected chi connectivity index (χ3v) is 4.75. The highest BCUT2D eigenvalue weighted by molar-refractivity contribution is 6.31. The molecule has 5 N–H and O–H groups in total. The Hall–Kier alpha value is -2.94. The Morgan fingerprint density at radius 1 is 1.10 bits per heavy atom. The van der Waals surface area contributed by atoms with Gasteiger partial charge >= 0.3 is 0 Å². The molecule has 1 aromatic heterocycles. The minimum absolute atomic E-state index is 0.240. The number of carbonyl (C=O) groups is 1. The lowest BCUT2D eigenvalue weighted by molar-refractivity contribution is 0.0852. The van der Waals surface area contributed by atoms with Crippen molar-refractivity contribution in [1.29, 1.82) is 0 Å². The number of nitrogens with two attached hydrogens (primary N) is 2. The molecule has 0 saturated heterocycles. The molecular formula is C20H15ClF3N3O2. The SMILES string of the molecule is NC[C@@](O)(c1ccccc1)c1cc(C(N)=O)c(F)c(-c2cc(Cl)c(F)cc2F)n1. The van der Waals surface area contributed by atoms with Crippen LogP contribution in [0.3, 0.4) is 0 Å². The number of hydrogen-bond donors (Lipinski definition) is 3. The van der Waals surface area contributed by atoms with Crippen LogP contribution >= 0.6 is 11.6 Å². The topological polar surface area (TPSA) is 102 Å². The summed E-state index contributed by atoms with van der Waals surface area (Å²) in [6.45, 7) is -0.389. The molecule has 1 heterocycles. The van der Waals surface area contributed by atoms with E-state index in [0.29, 0.717) is 11.6 Å². The number of rotatable bonds is 5. The molecule has 5 nitrogen and oxygen atoms in total. The van der Waals surface area contributed by atoms with E-state index in [4.69, 9.17) is 23.1 Å². The van der Waals surface area contributed by atoms with E-state index in [1.54, 1.807) is 30.3 Å². The first kappa shape index (κ1) is 20.8. The number of aliphatic hydroxyl groups is 1. The minimum Gasteiger partial charge on any atom is -0.377 e. The first-order valence-electron chi connectivity index (χ1n) is 8.32. The molecule has 2 aromatic carbocycles. The fraction of sp³-hybridized carbons (Fsp3) is 0.100. The Morgan fingerprint density at radius 3 is 2.34 bits per heavy atom. The number of nitrogens with zero attached hydrogens (tertiary/aromatic N) is 1. The van der Waals surface area contributed by atoms with Gasteiger partial charge in [-0.2, -0.15) is 0 Å². The van der Waals surface area contributed by atoms with Gasteiger partial charge in [-0.25, -0.2) is 18.2 Å². The van der Waals surface area contributed by atoms with Gasteiger partial charge in [0.1, 0.15) is 22.9 Å². The molecular weight excluding hydrogens is 407 g/mol. The van der Waals surface area contributed by atoms with Crippen molar-refractivity contribution in [3.8, 4) is 11.3 Å². The number of halogens is 4. The number of primary amides is 1. The zero-order chi connectivity index (χ0) is 21.3. The summed E-state index contributed by atoms with van der Waals surface area (Å²) in [6, 6.07) is 10.3. The van der Waals surface area contributed by atoms with E-state index >= 15 is 0 Å². The summed E-state index contributed by atoms with van der Waals surface area (Å²) in [6.07, 6.45) is 0. The Labute approximate surface area is 168 Å². The van der Waals surface area contributed by atoms with Gasteiger partial charge in [-0.3, -0.25) is 4.79 Å². The van der Waals surface area contributed by atoms with Gasteiger partial charge in [0.2, 0.25) is 0 Å². The van der Waals surface area contributed by atoms with Crippen LogP contribution in [0, 0.1) is 17.5 Å². The van der Waals surface area contributed by atoms with Crippen LogP contribution in [-0.4, -0.2) is 22.5 Å². The maximum absolute atomic E-state index is 14.9. The molecule has 0 radical (unpaired) electrons. The molecule has 3 aromatic rings. The van der Waals surface area contributed by atoms with Gasteiger partial charge in [0.05, 0.1) is 16.3 Å². The van der Waals surface area contributed by atoms with Crippen LogP contribution in [-0.2, 0) is 5.60 Å². The Bertz CT molecular complexity index is 1100. The molecule has 0 spiro atoms. The predicted octanol–water partition coefficient (Wildman–Crippen LogP) is 3.11. The molecule has 9 heteroatoms. The molecule has 1 amide bonds. The predicted molar refractivity (Wildman–Crippen MR) is 102 cm³/mol. The molecule has 1 atom stereocenters. The molecule has 150 valence electrons. The summed E-state index contributed by atoms with van der Waals surface area (Å²) in [5, 5.41) is 10.7. The van der Waals surface area contributed by atoms with Crippen LogP contribution in [0.2, 0.25) is 5.02 Å². The first-order valence-corrected chi connectivity index (χ1v) is 8.70. The Morgan fingerprint density at radius 2 is 1.76 bits per heavy atom. The monoisotopic (exact) mass is 421 g/mol. The lowest BCUT2D eigenvalue weighted by Crippen LogP contribution is -2.37. The second-order valence-electron chi connectivity index (χ2n) is 6.26. The summed E-state index contributed by atoms with van der Waals surface area (Å²) in [4.78, 5) is 15.8. The highest BCUT2D eigenvalue weighted by atomic mass is 35.5. The largest absolute Gasteiger partial charge is 0.377 e. The number of carbonyl (C=O) groups excluding carboxylic acids is 1. The van der Waals surface area contributed by atoms with Gasteiger partial charge in [-0.05, 0) is 17.7 Å². The summed E-state index contributed by atoms with van der Waals surface area (Å²) in [5.74, 6) is -4.63. The van der Waals surface area contributed by atoms with E-state index in [2.05, 4.69) is 4.98 Å². The first-order chi connectivity index (χ1) is 13.7. The zero-order valence-corrected chi connectivity index (χ0v) is 15.6. The van der Waals surface area contributed by atoms with E-state index in [1.807, 2.05) is 0 Å². The van der Waals surface area contributed by atoms with Crippen LogP contribution in [0.25, 0.3) is 11.3 Å². The van der Waals surface area contributed by atoms with Crippen molar-refractivity contribution in [2.45, 2.75) is 5.60 Å². The molecule has 0 unspecified atom stereocenters. The maximum Gasteiger partial charge on any atom is 0.251 e. The standard InChI is InChI=1S/C20H15ClF3N3O2/c21-13-6-11(14(22)8-15(13)23)18-17(24)12(19(26)28)7-16(27-18)20(29,9-25)10-4-2-1-3-5-10/h1-8,29H,9,25H2,(H2,26,28)/t20-/m1/s1. The van der Waals surface area contributed by atoms with Gasteiger partial charge < -0.3 is 16.6 Å². The van der Waals surface area contributed by atoms with Crippen molar-refractivity contribution >= 4 is 17.5 Å². The van der Waals surface area contributed by atoms with Crippen molar-refractivity contribution < 1.29 is 23.1 Å². The van der Waals surface area contributed by atoms with Gasteiger partial charge in [-0.15, -0.1) is 0 Å². The third kappa shape index (κ3) is 3.69. The summed E-state index contributed by atoms with van der Waals surface area (Å²) in [5.41, 5.74) is 7.31. The summed E-state index contributed by atoms with van der Waals surface area (Å²) < 4.78 is 42.8. The van der Waals surface area contributed by atoms with E-state index < -0.39 is 50.8 Å².